The van der Waals surface area contributed by atoms with Crippen LogP contribution in [0.15, 0.2) is 42.5 Å². The highest BCUT2D eigenvalue weighted by Gasteiger charge is 2.25. The maximum absolute atomic E-state index is 11.6. The maximum Gasteiger partial charge on any atom is 0.315 e. The van der Waals surface area contributed by atoms with Crippen molar-refractivity contribution in [2.45, 2.75) is 19.0 Å². The number of aliphatic carboxylic acids is 1. The molecular weight excluding hydrogens is 244 g/mol. The molecule has 1 aliphatic rings. The third-order valence-electron chi connectivity index (χ3n) is 3.01. The average molecular weight is 260 g/mol. The van der Waals surface area contributed by atoms with Crippen LogP contribution in [-0.2, 0) is 11.3 Å². The normalized spacial score (nSPS) is 21.1. The Hall–Kier alpha value is -2.30. The molecule has 1 aromatic carbocycles. The number of nitrogens with one attached hydrogen (secondary N) is 2. The molecule has 0 aliphatic heterocycles. The number of amides is 2. The predicted octanol–water partition coefficient (Wildman–Crippen LogP) is 1.52. The molecule has 1 aliphatic carbocycles. The van der Waals surface area contributed by atoms with Crippen molar-refractivity contribution in [3.05, 3.63) is 48.0 Å². The van der Waals surface area contributed by atoms with E-state index in [9.17, 15) is 9.59 Å². The molecule has 0 radical (unpaired) electrons. The molecule has 5 heteroatoms. The predicted molar refractivity (Wildman–Crippen MR) is 70.5 cm³/mol. The van der Waals surface area contributed by atoms with Crippen LogP contribution in [0.25, 0.3) is 0 Å². The van der Waals surface area contributed by atoms with Gasteiger partial charge >= 0.3 is 12.0 Å². The summed E-state index contributed by atoms with van der Waals surface area (Å²) in [5.41, 5.74) is 1.02. The summed E-state index contributed by atoms with van der Waals surface area (Å²) in [4.78, 5) is 22.4. The number of hydrogen-bond donors (Lipinski definition) is 3. The van der Waals surface area contributed by atoms with Crippen LogP contribution in [0.2, 0.25) is 0 Å². The van der Waals surface area contributed by atoms with Crippen molar-refractivity contribution < 1.29 is 14.7 Å². The van der Waals surface area contributed by atoms with Crippen molar-refractivity contribution in [3.63, 3.8) is 0 Å². The third kappa shape index (κ3) is 3.84. The Bertz CT molecular complexity index is 485. The lowest BCUT2D eigenvalue weighted by atomic mass is 10.1. The Labute approximate surface area is 111 Å². The minimum atomic E-state index is -0.856. The zero-order chi connectivity index (χ0) is 13.7. The van der Waals surface area contributed by atoms with E-state index < -0.39 is 11.9 Å². The zero-order valence-corrected chi connectivity index (χ0v) is 10.4. The summed E-state index contributed by atoms with van der Waals surface area (Å²) in [6, 6.07) is 9.09. The van der Waals surface area contributed by atoms with Gasteiger partial charge in [-0.25, -0.2) is 4.79 Å². The average Bonchev–Trinajstić information content (AvgIpc) is 2.86. The number of carboxylic acids is 1. The monoisotopic (exact) mass is 260 g/mol. The van der Waals surface area contributed by atoms with Crippen molar-refractivity contribution in [1.82, 2.24) is 10.6 Å². The van der Waals surface area contributed by atoms with Crippen LogP contribution in [0, 0.1) is 5.92 Å². The van der Waals surface area contributed by atoms with Gasteiger partial charge in [-0.05, 0) is 12.0 Å². The fourth-order valence-electron chi connectivity index (χ4n) is 1.99. The summed E-state index contributed by atoms with van der Waals surface area (Å²) in [5, 5.41) is 14.3. The highest BCUT2D eigenvalue weighted by atomic mass is 16.4. The first-order valence-electron chi connectivity index (χ1n) is 6.14. The fraction of sp³-hybridized carbons (Fsp3) is 0.286. The van der Waals surface area contributed by atoms with Gasteiger partial charge in [0.1, 0.15) is 0 Å². The summed E-state index contributed by atoms with van der Waals surface area (Å²) in [5.74, 6) is -1.36. The molecular formula is C14H16N2O3. The number of carbonyl (C=O) groups excluding carboxylic acids is 1. The molecule has 0 spiro atoms. The van der Waals surface area contributed by atoms with E-state index >= 15 is 0 Å². The van der Waals surface area contributed by atoms with Crippen LogP contribution >= 0.6 is 0 Å². The van der Waals surface area contributed by atoms with Crippen molar-refractivity contribution in [2.75, 3.05) is 0 Å². The number of rotatable bonds is 4. The molecule has 2 atom stereocenters. The molecule has 5 nitrogen and oxygen atoms in total. The van der Waals surface area contributed by atoms with Crippen LogP contribution in [-0.4, -0.2) is 23.1 Å². The molecule has 2 rings (SSSR count). The maximum atomic E-state index is 11.6. The molecule has 19 heavy (non-hydrogen) atoms. The standard InChI is InChI=1S/C14H16N2O3/c17-13(18)11-6-7-12(8-11)16-14(19)15-9-10-4-2-1-3-5-10/h1-7,11-12H,8-9H2,(H,17,18)(H2,15,16,19). The van der Waals surface area contributed by atoms with E-state index in [0.29, 0.717) is 13.0 Å². The van der Waals surface area contributed by atoms with Gasteiger partial charge in [0.25, 0.3) is 0 Å². The van der Waals surface area contributed by atoms with Crippen molar-refractivity contribution >= 4 is 12.0 Å². The lowest BCUT2D eigenvalue weighted by molar-refractivity contribution is -0.140. The first-order chi connectivity index (χ1) is 9.15. The Kier molecular flexibility index (Phi) is 4.18. The van der Waals surface area contributed by atoms with Crippen LogP contribution in [0.5, 0.6) is 0 Å². The second-order valence-electron chi connectivity index (χ2n) is 4.48. The van der Waals surface area contributed by atoms with Crippen molar-refractivity contribution in [2.24, 2.45) is 5.92 Å². The number of hydrogen-bond acceptors (Lipinski definition) is 2. The van der Waals surface area contributed by atoms with Gasteiger partial charge in [0.15, 0.2) is 0 Å². The molecule has 2 unspecified atom stereocenters. The quantitative estimate of drug-likeness (QED) is 0.718. The Morgan fingerprint density at radius 3 is 2.58 bits per heavy atom. The fourth-order valence-corrected chi connectivity index (χ4v) is 1.99. The van der Waals surface area contributed by atoms with Gasteiger partial charge < -0.3 is 15.7 Å². The molecule has 1 aromatic rings. The molecule has 2 amide bonds. The smallest absolute Gasteiger partial charge is 0.315 e. The molecule has 0 fully saturated rings. The molecule has 0 aromatic heterocycles. The second kappa shape index (κ2) is 6.04. The molecule has 3 N–H and O–H groups in total. The van der Waals surface area contributed by atoms with E-state index in [1.807, 2.05) is 30.3 Å². The van der Waals surface area contributed by atoms with E-state index in [-0.39, 0.29) is 12.1 Å². The largest absolute Gasteiger partial charge is 0.481 e. The lowest BCUT2D eigenvalue weighted by Crippen LogP contribution is -2.40. The third-order valence-corrected chi connectivity index (χ3v) is 3.01. The van der Waals surface area contributed by atoms with Gasteiger partial charge in [-0.15, -0.1) is 0 Å². The first-order valence-corrected chi connectivity index (χ1v) is 6.14. The van der Waals surface area contributed by atoms with Crippen LogP contribution < -0.4 is 10.6 Å². The van der Waals surface area contributed by atoms with Crippen molar-refractivity contribution in [1.29, 1.82) is 0 Å². The number of carbonyl (C=O) groups is 2. The van der Waals surface area contributed by atoms with Crippen LogP contribution in [0.3, 0.4) is 0 Å². The Morgan fingerprint density at radius 1 is 1.21 bits per heavy atom. The number of benzene rings is 1. The van der Waals surface area contributed by atoms with Gasteiger partial charge in [0.05, 0.1) is 12.0 Å². The van der Waals surface area contributed by atoms with E-state index in [1.165, 1.54) is 0 Å². The summed E-state index contributed by atoms with van der Waals surface area (Å²) in [6.07, 6.45) is 3.75. The second-order valence-corrected chi connectivity index (χ2v) is 4.48. The minimum Gasteiger partial charge on any atom is -0.481 e. The van der Waals surface area contributed by atoms with Crippen molar-refractivity contribution in [3.8, 4) is 0 Å². The first kappa shape index (κ1) is 13.1. The SMILES string of the molecule is O=C(NCc1ccccc1)NC1C=CC(C(=O)O)C1. The van der Waals surface area contributed by atoms with E-state index in [0.717, 1.165) is 5.56 Å². The molecule has 0 heterocycles. The zero-order valence-electron chi connectivity index (χ0n) is 10.4. The van der Waals surface area contributed by atoms with E-state index in [4.69, 9.17) is 5.11 Å². The summed E-state index contributed by atoms with van der Waals surface area (Å²) in [7, 11) is 0. The van der Waals surface area contributed by atoms with Gasteiger partial charge in [-0.1, -0.05) is 42.5 Å². The van der Waals surface area contributed by atoms with E-state index in [1.54, 1.807) is 12.2 Å². The highest BCUT2D eigenvalue weighted by molar-refractivity contribution is 5.76. The lowest BCUT2D eigenvalue weighted by Gasteiger charge is -2.13. The summed E-state index contributed by atoms with van der Waals surface area (Å²) >= 11 is 0. The van der Waals surface area contributed by atoms with Gasteiger partial charge in [0.2, 0.25) is 0 Å². The van der Waals surface area contributed by atoms with Gasteiger partial charge in [0, 0.05) is 6.54 Å². The molecule has 0 saturated heterocycles. The highest BCUT2D eigenvalue weighted by Crippen LogP contribution is 2.17. The Balaban J connectivity index is 1.74. The van der Waals surface area contributed by atoms with Gasteiger partial charge in [-0.2, -0.15) is 0 Å². The molecule has 0 saturated carbocycles. The minimum absolute atomic E-state index is 0.211. The summed E-state index contributed by atoms with van der Waals surface area (Å²) < 4.78 is 0. The summed E-state index contributed by atoms with van der Waals surface area (Å²) in [6.45, 7) is 0.450. The Morgan fingerprint density at radius 2 is 1.95 bits per heavy atom. The van der Waals surface area contributed by atoms with Crippen LogP contribution in [0.4, 0.5) is 4.79 Å². The number of urea groups is 1. The topological polar surface area (TPSA) is 78.4 Å². The molecule has 0 bridgehead atoms. The van der Waals surface area contributed by atoms with Gasteiger partial charge in [-0.3, -0.25) is 4.79 Å². The number of carboxylic acid groups (broad SMARTS) is 1. The molecule has 100 valence electrons. The van der Waals surface area contributed by atoms with E-state index in [2.05, 4.69) is 10.6 Å². The van der Waals surface area contributed by atoms with Crippen LogP contribution in [0.1, 0.15) is 12.0 Å².